The molecule has 18 heavy (non-hydrogen) atoms. The van der Waals surface area contributed by atoms with Crippen molar-refractivity contribution in [3.8, 4) is 5.75 Å². The molecule has 0 saturated carbocycles. The third kappa shape index (κ3) is 4.31. The summed E-state index contributed by atoms with van der Waals surface area (Å²) in [4.78, 5) is 0. The van der Waals surface area contributed by atoms with Crippen molar-refractivity contribution in [1.29, 1.82) is 0 Å². The standard InChI is InChI=1S/C15H25NO2/c1-5-14(16-10-11(2)3)15(17)12-7-6-8-13(9-12)18-4/h6-9,11,14-17H,5,10H2,1-4H3. The minimum atomic E-state index is -0.496. The number of rotatable bonds is 7. The zero-order chi connectivity index (χ0) is 13.5. The van der Waals surface area contributed by atoms with E-state index in [1.54, 1.807) is 7.11 Å². The summed E-state index contributed by atoms with van der Waals surface area (Å²) >= 11 is 0. The van der Waals surface area contributed by atoms with Crippen molar-refractivity contribution in [2.24, 2.45) is 5.92 Å². The first-order valence-electron chi connectivity index (χ1n) is 6.63. The fourth-order valence-electron chi connectivity index (χ4n) is 1.92. The topological polar surface area (TPSA) is 41.5 Å². The van der Waals surface area contributed by atoms with Crippen molar-refractivity contribution < 1.29 is 9.84 Å². The van der Waals surface area contributed by atoms with Gasteiger partial charge in [0.05, 0.1) is 13.2 Å². The Labute approximate surface area is 110 Å². The molecule has 0 spiro atoms. The van der Waals surface area contributed by atoms with Gasteiger partial charge in [-0.15, -0.1) is 0 Å². The molecule has 3 heteroatoms. The van der Waals surface area contributed by atoms with Crippen LogP contribution in [0, 0.1) is 5.92 Å². The van der Waals surface area contributed by atoms with E-state index in [0.29, 0.717) is 5.92 Å². The van der Waals surface area contributed by atoms with Crippen LogP contribution in [0.5, 0.6) is 5.75 Å². The first kappa shape index (κ1) is 15.0. The normalized spacial score (nSPS) is 14.6. The first-order chi connectivity index (χ1) is 8.58. The molecule has 0 aliphatic carbocycles. The molecule has 2 atom stereocenters. The summed E-state index contributed by atoms with van der Waals surface area (Å²) in [5.41, 5.74) is 0.900. The fourth-order valence-corrected chi connectivity index (χ4v) is 1.92. The Hall–Kier alpha value is -1.06. The maximum atomic E-state index is 10.4. The molecule has 0 aliphatic rings. The lowest BCUT2D eigenvalue weighted by molar-refractivity contribution is 0.124. The van der Waals surface area contributed by atoms with E-state index in [9.17, 15) is 5.11 Å². The van der Waals surface area contributed by atoms with Crippen LogP contribution < -0.4 is 10.1 Å². The predicted octanol–water partition coefficient (Wildman–Crippen LogP) is 2.75. The minimum Gasteiger partial charge on any atom is -0.497 e. The monoisotopic (exact) mass is 251 g/mol. The lowest BCUT2D eigenvalue weighted by Gasteiger charge is -2.24. The molecule has 1 rings (SSSR count). The van der Waals surface area contributed by atoms with Crippen LogP contribution in [-0.4, -0.2) is 24.8 Å². The lowest BCUT2D eigenvalue weighted by atomic mass is 9.99. The van der Waals surface area contributed by atoms with Crippen LogP contribution in [0.25, 0.3) is 0 Å². The maximum Gasteiger partial charge on any atom is 0.119 e. The van der Waals surface area contributed by atoms with Crippen LogP contribution in [0.1, 0.15) is 38.9 Å². The van der Waals surface area contributed by atoms with E-state index in [-0.39, 0.29) is 6.04 Å². The minimum absolute atomic E-state index is 0.0829. The lowest BCUT2D eigenvalue weighted by Crippen LogP contribution is -2.36. The average molecular weight is 251 g/mol. The van der Waals surface area contributed by atoms with E-state index < -0.39 is 6.10 Å². The highest BCUT2D eigenvalue weighted by Crippen LogP contribution is 2.23. The molecule has 0 radical (unpaired) electrons. The fraction of sp³-hybridized carbons (Fsp3) is 0.600. The Kier molecular flexibility index (Phi) is 6.16. The Balaban J connectivity index is 2.72. The van der Waals surface area contributed by atoms with Crippen LogP contribution in [-0.2, 0) is 0 Å². The molecule has 0 fully saturated rings. The van der Waals surface area contributed by atoms with Gasteiger partial charge in [0.15, 0.2) is 0 Å². The van der Waals surface area contributed by atoms with E-state index in [1.165, 1.54) is 0 Å². The van der Waals surface area contributed by atoms with Crippen molar-refractivity contribution in [3.63, 3.8) is 0 Å². The Bertz CT molecular complexity index is 352. The second kappa shape index (κ2) is 7.39. The number of hydrogen-bond acceptors (Lipinski definition) is 3. The SMILES string of the molecule is CCC(NCC(C)C)C(O)c1cccc(OC)c1. The van der Waals surface area contributed by atoms with Crippen LogP contribution in [0.3, 0.4) is 0 Å². The van der Waals surface area contributed by atoms with E-state index in [2.05, 4.69) is 26.1 Å². The molecule has 2 unspecified atom stereocenters. The van der Waals surface area contributed by atoms with Gasteiger partial charge in [0, 0.05) is 6.04 Å². The van der Waals surface area contributed by atoms with Crippen molar-refractivity contribution in [3.05, 3.63) is 29.8 Å². The molecule has 102 valence electrons. The van der Waals surface area contributed by atoms with E-state index in [0.717, 1.165) is 24.3 Å². The molecule has 1 aromatic carbocycles. The number of aliphatic hydroxyl groups excluding tert-OH is 1. The summed E-state index contributed by atoms with van der Waals surface area (Å²) in [6.45, 7) is 7.33. The number of benzene rings is 1. The second-order valence-electron chi connectivity index (χ2n) is 5.04. The smallest absolute Gasteiger partial charge is 0.119 e. The Morgan fingerprint density at radius 2 is 2.06 bits per heavy atom. The van der Waals surface area contributed by atoms with E-state index in [4.69, 9.17) is 4.74 Å². The summed E-state index contributed by atoms with van der Waals surface area (Å²) in [7, 11) is 1.64. The quantitative estimate of drug-likeness (QED) is 0.783. The van der Waals surface area contributed by atoms with Crippen molar-refractivity contribution in [2.75, 3.05) is 13.7 Å². The number of nitrogens with one attached hydrogen (secondary N) is 1. The highest BCUT2D eigenvalue weighted by atomic mass is 16.5. The van der Waals surface area contributed by atoms with Crippen LogP contribution in [0.2, 0.25) is 0 Å². The zero-order valence-electron chi connectivity index (χ0n) is 11.8. The van der Waals surface area contributed by atoms with E-state index >= 15 is 0 Å². The zero-order valence-corrected chi connectivity index (χ0v) is 11.8. The molecule has 0 bridgehead atoms. The van der Waals surface area contributed by atoms with Gasteiger partial charge in [-0.05, 0) is 36.6 Å². The summed E-state index contributed by atoms with van der Waals surface area (Å²) < 4.78 is 5.19. The molecule has 3 nitrogen and oxygen atoms in total. The summed E-state index contributed by atoms with van der Waals surface area (Å²) in [6.07, 6.45) is 0.398. The number of methoxy groups -OCH3 is 1. The summed E-state index contributed by atoms with van der Waals surface area (Å²) in [5.74, 6) is 1.36. The van der Waals surface area contributed by atoms with E-state index in [1.807, 2.05) is 24.3 Å². The van der Waals surface area contributed by atoms with Crippen molar-refractivity contribution >= 4 is 0 Å². The summed E-state index contributed by atoms with van der Waals surface area (Å²) in [6, 6.07) is 7.71. The van der Waals surface area contributed by atoms with Gasteiger partial charge in [0.1, 0.15) is 5.75 Å². The number of ether oxygens (including phenoxy) is 1. The first-order valence-corrected chi connectivity index (χ1v) is 6.63. The third-order valence-corrected chi connectivity index (χ3v) is 3.04. The molecule has 0 aliphatic heterocycles. The molecule has 1 aromatic rings. The third-order valence-electron chi connectivity index (χ3n) is 3.04. The number of hydrogen-bond donors (Lipinski definition) is 2. The van der Waals surface area contributed by atoms with Gasteiger partial charge in [0.25, 0.3) is 0 Å². The van der Waals surface area contributed by atoms with Gasteiger partial charge in [-0.25, -0.2) is 0 Å². The molecule has 0 amide bonds. The molecule has 0 heterocycles. The van der Waals surface area contributed by atoms with Gasteiger partial charge >= 0.3 is 0 Å². The van der Waals surface area contributed by atoms with Crippen LogP contribution in [0.15, 0.2) is 24.3 Å². The van der Waals surface area contributed by atoms with Crippen molar-refractivity contribution in [1.82, 2.24) is 5.32 Å². The molecule has 0 aromatic heterocycles. The second-order valence-corrected chi connectivity index (χ2v) is 5.04. The van der Waals surface area contributed by atoms with Gasteiger partial charge < -0.3 is 15.2 Å². The maximum absolute atomic E-state index is 10.4. The highest BCUT2D eigenvalue weighted by molar-refractivity contribution is 5.30. The highest BCUT2D eigenvalue weighted by Gasteiger charge is 2.19. The molecule has 2 N–H and O–H groups in total. The van der Waals surface area contributed by atoms with Crippen LogP contribution >= 0.6 is 0 Å². The Morgan fingerprint density at radius 1 is 1.33 bits per heavy atom. The van der Waals surface area contributed by atoms with Gasteiger partial charge in [-0.2, -0.15) is 0 Å². The van der Waals surface area contributed by atoms with Crippen LogP contribution in [0.4, 0.5) is 0 Å². The predicted molar refractivity (Wildman–Crippen MR) is 74.9 cm³/mol. The molecular formula is C15H25NO2. The largest absolute Gasteiger partial charge is 0.497 e. The number of aliphatic hydroxyl groups is 1. The van der Waals surface area contributed by atoms with Gasteiger partial charge in [-0.3, -0.25) is 0 Å². The summed E-state index contributed by atoms with van der Waals surface area (Å²) in [5, 5.41) is 13.8. The Morgan fingerprint density at radius 3 is 2.61 bits per heavy atom. The molecular weight excluding hydrogens is 226 g/mol. The van der Waals surface area contributed by atoms with Crippen molar-refractivity contribution in [2.45, 2.75) is 39.3 Å². The average Bonchev–Trinajstić information content (AvgIpc) is 2.39. The van der Waals surface area contributed by atoms with Gasteiger partial charge in [-0.1, -0.05) is 32.9 Å². The van der Waals surface area contributed by atoms with Gasteiger partial charge in [0.2, 0.25) is 0 Å². The molecule has 0 saturated heterocycles.